The highest BCUT2D eigenvalue weighted by molar-refractivity contribution is 5.87. The van der Waals surface area contributed by atoms with Crippen LogP contribution >= 0.6 is 0 Å². The lowest BCUT2D eigenvalue weighted by atomic mass is 10.0. The molecular weight excluding hydrogens is 260 g/mol. The molecule has 0 rings (SSSR count). The van der Waals surface area contributed by atoms with E-state index in [4.69, 9.17) is 10.5 Å². The van der Waals surface area contributed by atoms with Gasteiger partial charge in [-0.15, -0.1) is 0 Å². The van der Waals surface area contributed by atoms with Crippen molar-refractivity contribution in [3.8, 4) is 0 Å². The Balaban J connectivity index is 4.29. The van der Waals surface area contributed by atoms with Gasteiger partial charge < -0.3 is 20.9 Å². The first kappa shape index (κ1) is 18.4. The first-order valence-electron chi connectivity index (χ1n) is 6.72. The number of esters is 1. The lowest BCUT2D eigenvalue weighted by molar-refractivity contribution is -0.150. The van der Waals surface area contributed by atoms with E-state index in [9.17, 15) is 14.7 Å². The first-order valence-corrected chi connectivity index (χ1v) is 6.72. The Kier molecular flexibility index (Phi) is 7.28. The van der Waals surface area contributed by atoms with Gasteiger partial charge in [0.25, 0.3) is 0 Å². The summed E-state index contributed by atoms with van der Waals surface area (Å²) in [5.74, 6) is -0.472. The van der Waals surface area contributed by atoms with E-state index >= 15 is 0 Å². The number of urea groups is 1. The number of carbonyl (C=O) groups excluding carboxylic acids is 2. The Morgan fingerprint density at radius 2 is 1.95 bits per heavy atom. The van der Waals surface area contributed by atoms with E-state index in [2.05, 4.69) is 11.9 Å². The van der Waals surface area contributed by atoms with Gasteiger partial charge in [0.1, 0.15) is 5.60 Å². The van der Waals surface area contributed by atoms with Crippen LogP contribution in [0.25, 0.3) is 0 Å². The number of nitrogens with two attached hydrogens (primary N) is 1. The SMILES string of the molecule is C=C(CC[C@H](O)[C@H](CC)NC(N)=O)C(=O)OC(C)(C)C. The molecule has 0 aromatic carbocycles. The Morgan fingerprint density at radius 1 is 1.40 bits per heavy atom. The monoisotopic (exact) mass is 286 g/mol. The van der Waals surface area contributed by atoms with Crippen molar-refractivity contribution in [3.05, 3.63) is 12.2 Å². The molecule has 0 heterocycles. The second kappa shape index (κ2) is 7.89. The standard InChI is InChI=1S/C14H26N2O4/c1-6-10(16-13(15)19)11(17)8-7-9(2)12(18)20-14(3,4)5/h10-11,17H,2,6-8H2,1,3-5H3,(H3,15,16,19)/t10-,11-/m0/s1. The van der Waals surface area contributed by atoms with Crippen molar-refractivity contribution >= 4 is 12.0 Å². The molecule has 0 fully saturated rings. The van der Waals surface area contributed by atoms with E-state index in [1.54, 1.807) is 20.8 Å². The van der Waals surface area contributed by atoms with Gasteiger partial charge in [-0.25, -0.2) is 9.59 Å². The molecule has 0 spiro atoms. The summed E-state index contributed by atoms with van der Waals surface area (Å²) < 4.78 is 5.17. The van der Waals surface area contributed by atoms with Gasteiger partial charge in [0, 0.05) is 5.57 Å². The number of amides is 2. The maximum Gasteiger partial charge on any atom is 0.333 e. The lowest BCUT2D eigenvalue weighted by Gasteiger charge is -2.23. The third kappa shape index (κ3) is 7.78. The minimum absolute atomic E-state index is 0.299. The maximum absolute atomic E-state index is 11.7. The normalized spacial score (nSPS) is 14.2. The van der Waals surface area contributed by atoms with Crippen molar-refractivity contribution in [2.24, 2.45) is 5.73 Å². The van der Waals surface area contributed by atoms with Crippen LogP contribution in [0.3, 0.4) is 0 Å². The van der Waals surface area contributed by atoms with Crippen molar-refractivity contribution in [2.45, 2.75) is 64.7 Å². The summed E-state index contributed by atoms with van der Waals surface area (Å²) in [7, 11) is 0. The molecule has 0 aromatic rings. The molecule has 6 nitrogen and oxygen atoms in total. The van der Waals surface area contributed by atoms with Gasteiger partial charge in [0.15, 0.2) is 0 Å². The maximum atomic E-state index is 11.7. The minimum Gasteiger partial charge on any atom is -0.457 e. The van der Waals surface area contributed by atoms with E-state index in [-0.39, 0.29) is 0 Å². The van der Waals surface area contributed by atoms with Gasteiger partial charge >= 0.3 is 12.0 Å². The topological polar surface area (TPSA) is 102 Å². The molecule has 6 heteroatoms. The Morgan fingerprint density at radius 3 is 2.35 bits per heavy atom. The van der Waals surface area contributed by atoms with Crippen LogP contribution < -0.4 is 11.1 Å². The third-order valence-electron chi connectivity index (χ3n) is 2.66. The predicted molar refractivity (Wildman–Crippen MR) is 77.0 cm³/mol. The van der Waals surface area contributed by atoms with E-state index in [1.165, 1.54) is 0 Å². The summed E-state index contributed by atoms with van der Waals surface area (Å²) in [4.78, 5) is 22.5. The quantitative estimate of drug-likeness (QED) is 0.487. The summed E-state index contributed by atoms with van der Waals surface area (Å²) in [6.07, 6.45) is 0.360. The molecule has 0 aliphatic rings. The van der Waals surface area contributed by atoms with E-state index < -0.39 is 29.7 Å². The van der Waals surface area contributed by atoms with Crippen molar-refractivity contribution < 1.29 is 19.4 Å². The summed E-state index contributed by atoms with van der Waals surface area (Å²) in [5.41, 5.74) is 4.76. The summed E-state index contributed by atoms with van der Waals surface area (Å²) >= 11 is 0. The van der Waals surface area contributed by atoms with Crippen molar-refractivity contribution in [3.63, 3.8) is 0 Å². The zero-order chi connectivity index (χ0) is 15.9. The van der Waals surface area contributed by atoms with Gasteiger partial charge in [-0.1, -0.05) is 13.5 Å². The minimum atomic E-state index is -0.785. The second-order valence-corrected chi connectivity index (χ2v) is 5.73. The van der Waals surface area contributed by atoms with Crippen LogP contribution in [-0.4, -0.2) is 34.9 Å². The number of hydrogen-bond donors (Lipinski definition) is 3. The van der Waals surface area contributed by atoms with Crippen LogP contribution in [0.1, 0.15) is 47.0 Å². The highest BCUT2D eigenvalue weighted by atomic mass is 16.6. The third-order valence-corrected chi connectivity index (χ3v) is 2.66. The van der Waals surface area contributed by atoms with E-state index in [0.29, 0.717) is 24.8 Å². The lowest BCUT2D eigenvalue weighted by Crippen LogP contribution is -2.45. The molecule has 2 atom stereocenters. The molecular formula is C14H26N2O4. The zero-order valence-electron chi connectivity index (χ0n) is 12.7. The smallest absolute Gasteiger partial charge is 0.333 e. The Labute approximate surface area is 120 Å². The average Bonchev–Trinajstić information content (AvgIpc) is 2.29. The van der Waals surface area contributed by atoms with E-state index in [0.717, 1.165) is 0 Å². The molecule has 0 bridgehead atoms. The second-order valence-electron chi connectivity index (χ2n) is 5.73. The van der Waals surface area contributed by atoms with Crippen LogP contribution in [0, 0.1) is 0 Å². The van der Waals surface area contributed by atoms with Crippen molar-refractivity contribution in [2.75, 3.05) is 0 Å². The van der Waals surface area contributed by atoms with Gasteiger partial charge in [0.2, 0.25) is 0 Å². The molecule has 0 unspecified atom stereocenters. The predicted octanol–water partition coefficient (Wildman–Crippen LogP) is 1.47. The van der Waals surface area contributed by atoms with Gasteiger partial charge in [0.05, 0.1) is 12.1 Å². The molecule has 4 N–H and O–H groups in total. The molecule has 0 radical (unpaired) electrons. The van der Waals surface area contributed by atoms with Gasteiger partial charge in [-0.05, 0) is 40.0 Å². The number of nitrogens with one attached hydrogen (secondary N) is 1. The van der Waals surface area contributed by atoms with Crippen molar-refractivity contribution in [1.82, 2.24) is 5.32 Å². The summed E-state index contributed by atoms with van der Waals surface area (Å²) in [6.45, 7) is 10.8. The van der Waals surface area contributed by atoms with Gasteiger partial charge in [-0.3, -0.25) is 0 Å². The Bertz CT molecular complexity index is 361. The fourth-order valence-electron chi connectivity index (χ4n) is 1.63. The highest BCUT2D eigenvalue weighted by Gasteiger charge is 2.22. The molecule has 20 heavy (non-hydrogen) atoms. The molecule has 116 valence electrons. The zero-order valence-corrected chi connectivity index (χ0v) is 12.7. The number of rotatable bonds is 7. The molecule has 2 amide bonds. The van der Waals surface area contributed by atoms with Crippen LogP contribution in [0.2, 0.25) is 0 Å². The van der Waals surface area contributed by atoms with Crippen LogP contribution in [-0.2, 0) is 9.53 Å². The number of hydrogen-bond acceptors (Lipinski definition) is 4. The average molecular weight is 286 g/mol. The number of carbonyl (C=O) groups is 2. The fraction of sp³-hybridized carbons (Fsp3) is 0.714. The van der Waals surface area contributed by atoms with Crippen molar-refractivity contribution in [1.29, 1.82) is 0 Å². The molecule has 0 aliphatic heterocycles. The number of ether oxygens (including phenoxy) is 1. The van der Waals surface area contributed by atoms with Crippen LogP contribution in [0.15, 0.2) is 12.2 Å². The van der Waals surface area contributed by atoms with E-state index in [1.807, 2.05) is 6.92 Å². The largest absolute Gasteiger partial charge is 0.457 e. The van der Waals surface area contributed by atoms with Crippen LogP contribution in [0.4, 0.5) is 4.79 Å². The number of aliphatic hydroxyl groups excluding tert-OH is 1. The highest BCUT2D eigenvalue weighted by Crippen LogP contribution is 2.15. The molecule has 0 saturated carbocycles. The number of aliphatic hydroxyl groups is 1. The summed E-state index contributed by atoms with van der Waals surface area (Å²) in [5, 5.41) is 12.4. The number of primary amides is 1. The first-order chi connectivity index (χ1) is 9.06. The Hall–Kier alpha value is -1.56. The fourth-order valence-corrected chi connectivity index (χ4v) is 1.63. The molecule has 0 saturated heterocycles. The molecule has 0 aliphatic carbocycles. The van der Waals surface area contributed by atoms with Gasteiger partial charge in [-0.2, -0.15) is 0 Å². The summed E-state index contributed by atoms with van der Waals surface area (Å²) in [6, 6.07) is -1.11. The molecule has 0 aromatic heterocycles. The van der Waals surface area contributed by atoms with Crippen LogP contribution in [0.5, 0.6) is 0 Å².